The van der Waals surface area contributed by atoms with Gasteiger partial charge in [0.05, 0.1) is 18.6 Å². The number of primary amides is 1. The summed E-state index contributed by atoms with van der Waals surface area (Å²) in [5.41, 5.74) is 5.45. The molecular formula is C10H13ClN2O4S. The second kappa shape index (κ2) is 5.92. The molecule has 0 saturated carbocycles. The zero-order valence-corrected chi connectivity index (χ0v) is 11.2. The van der Waals surface area contributed by atoms with Gasteiger partial charge in [-0.2, -0.15) is 0 Å². The molecule has 18 heavy (non-hydrogen) atoms. The molecule has 0 heterocycles. The van der Waals surface area contributed by atoms with Gasteiger partial charge in [-0.1, -0.05) is 0 Å². The van der Waals surface area contributed by atoms with E-state index in [-0.39, 0.29) is 28.6 Å². The molecule has 100 valence electrons. The van der Waals surface area contributed by atoms with Gasteiger partial charge in [-0.25, -0.2) is 8.42 Å². The first-order chi connectivity index (χ1) is 8.39. The quantitative estimate of drug-likeness (QED) is 0.757. The Hall–Kier alpha value is -1.47. The Morgan fingerprint density at radius 3 is 2.67 bits per heavy atom. The third-order valence-electron chi connectivity index (χ3n) is 2.10. The molecule has 0 fully saturated rings. The summed E-state index contributed by atoms with van der Waals surface area (Å²) in [6.45, 7) is 0. The van der Waals surface area contributed by atoms with Crippen molar-refractivity contribution in [3.05, 3.63) is 23.8 Å². The van der Waals surface area contributed by atoms with Gasteiger partial charge in [-0.15, -0.1) is 11.6 Å². The van der Waals surface area contributed by atoms with Crippen LogP contribution in [0.1, 0.15) is 10.4 Å². The minimum absolute atomic E-state index is 0.0346. The highest BCUT2D eigenvalue weighted by molar-refractivity contribution is 7.92. The fourth-order valence-corrected chi connectivity index (χ4v) is 2.67. The van der Waals surface area contributed by atoms with E-state index in [4.69, 9.17) is 22.1 Å². The highest BCUT2D eigenvalue weighted by Gasteiger charge is 2.14. The number of ether oxygens (including phenoxy) is 1. The Balaban J connectivity index is 3.13. The van der Waals surface area contributed by atoms with Crippen LogP contribution in [-0.4, -0.2) is 33.1 Å². The summed E-state index contributed by atoms with van der Waals surface area (Å²) >= 11 is 5.38. The summed E-state index contributed by atoms with van der Waals surface area (Å²) in [7, 11) is -2.19. The lowest BCUT2D eigenvalue weighted by Crippen LogP contribution is -2.19. The molecule has 0 radical (unpaired) electrons. The number of amides is 1. The molecule has 0 aliphatic rings. The van der Waals surface area contributed by atoms with Crippen LogP contribution in [0, 0.1) is 0 Å². The van der Waals surface area contributed by atoms with Gasteiger partial charge in [0.2, 0.25) is 15.9 Å². The predicted molar refractivity (Wildman–Crippen MR) is 69.6 cm³/mol. The first kappa shape index (κ1) is 14.6. The molecule has 0 aliphatic heterocycles. The number of carbonyl (C=O) groups excluding carboxylic acids is 1. The van der Waals surface area contributed by atoms with Crippen molar-refractivity contribution in [3.63, 3.8) is 0 Å². The highest BCUT2D eigenvalue weighted by Crippen LogP contribution is 2.26. The van der Waals surface area contributed by atoms with Gasteiger partial charge in [0.1, 0.15) is 5.75 Å². The van der Waals surface area contributed by atoms with E-state index >= 15 is 0 Å². The first-order valence-corrected chi connectivity index (χ1v) is 7.12. The smallest absolute Gasteiger partial charge is 0.248 e. The van der Waals surface area contributed by atoms with Crippen molar-refractivity contribution < 1.29 is 17.9 Å². The lowest BCUT2D eigenvalue weighted by Gasteiger charge is -2.12. The molecule has 0 saturated heterocycles. The molecule has 6 nitrogen and oxygen atoms in total. The molecule has 8 heteroatoms. The van der Waals surface area contributed by atoms with E-state index in [1.54, 1.807) is 0 Å². The van der Waals surface area contributed by atoms with E-state index in [1.807, 2.05) is 0 Å². The second-order valence-electron chi connectivity index (χ2n) is 3.39. The fourth-order valence-electron chi connectivity index (χ4n) is 1.26. The van der Waals surface area contributed by atoms with Crippen molar-refractivity contribution in [1.29, 1.82) is 0 Å². The van der Waals surface area contributed by atoms with Gasteiger partial charge in [0.25, 0.3) is 0 Å². The molecule has 1 amide bonds. The van der Waals surface area contributed by atoms with E-state index < -0.39 is 15.9 Å². The van der Waals surface area contributed by atoms with E-state index in [2.05, 4.69) is 4.72 Å². The molecule has 0 bridgehead atoms. The number of hydrogen-bond donors (Lipinski definition) is 2. The van der Waals surface area contributed by atoms with Crippen LogP contribution in [0.3, 0.4) is 0 Å². The monoisotopic (exact) mass is 292 g/mol. The maximum Gasteiger partial charge on any atom is 0.248 e. The van der Waals surface area contributed by atoms with Gasteiger partial charge in [0.15, 0.2) is 0 Å². The van der Waals surface area contributed by atoms with Crippen molar-refractivity contribution in [2.24, 2.45) is 5.73 Å². The van der Waals surface area contributed by atoms with Crippen LogP contribution in [0.25, 0.3) is 0 Å². The highest BCUT2D eigenvalue weighted by atomic mass is 35.5. The molecule has 0 unspecified atom stereocenters. The van der Waals surface area contributed by atoms with Gasteiger partial charge in [0, 0.05) is 11.4 Å². The van der Waals surface area contributed by atoms with Gasteiger partial charge < -0.3 is 10.5 Å². The number of nitrogens with two attached hydrogens (primary N) is 1. The number of hydrogen-bond acceptors (Lipinski definition) is 4. The fraction of sp³-hybridized carbons (Fsp3) is 0.300. The molecule has 0 aromatic heterocycles. The Morgan fingerprint density at radius 2 is 2.17 bits per heavy atom. The molecule has 1 aromatic carbocycles. The molecule has 3 N–H and O–H groups in total. The van der Waals surface area contributed by atoms with Crippen molar-refractivity contribution in [1.82, 2.24) is 0 Å². The zero-order chi connectivity index (χ0) is 13.8. The van der Waals surface area contributed by atoms with E-state index in [1.165, 1.54) is 25.3 Å². The molecular weight excluding hydrogens is 280 g/mol. The Labute approximate surface area is 110 Å². The van der Waals surface area contributed by atoms with Crippen LogP contribution in [0.5, 0.6) is 5.75 Å². The third kappa shape index (κ3) is 3.78. The van der Waals surface area contributed by atoms with Crippen LogP contribution >= 0.6 is 11.6 Å². The summed E-state index contributed by atoms with van der Waals surface area (Å²) in [5.74, 6) is -0.639. The van der Waals surface area contributed by atoms with Crippen molar-refractivity contribution in [2.45, 2.75) is 0 Å². The molecule has 0 spiro atoms. The van der Waals surface area contributed by atoms with Crippen LogP contribution in [0.15, 0.2) is 18.2 Å². The number of methoxy groups -OCH3 is 1. The SMILES string of the molecule is COc1ccc(C(N)=O)cc1NS(=O)(=O)CCCl. The maximum absolute atomic E-state index is 11.6. The van der Waals surface area contributed by atoms with E-state index in [0.29, 0.717) is 0 Å². The lowest BCUT2D eigenvalue weighted by molar-refractivity contribution is 0.100. The van der Waals surface area contributed by atoms with Crippen molar-refractivity contribution in [3.8, 4) is 5.75 Å². The predicted octanol–water partition coefficient (Wildman–Crippen LogP) is 0.775. The summed E-state index contributed by atoms with van der Waals surface area (Å²) in [6.07, 6.45) is 0. The average molecular weight is 293 g/mol. The normalized spacial score (nSPS) is 11.0. The molecule has 1 aromatic rings. The average Bonchev–Trinajstić information content (AvgIpc) is 2.28. The number of carbonyl (C=O) groups is 1. The maximum atomic E-state index is 11.6. The summed E-state index contributed by atoms with van der Waals surface area (Å²) < 4.78 is 30.4. The number of benzene rings is 1. The zero-order valence-electron chi connectivity index (χ0n) is 9.64. The minimum Gasteiger partial charge on any atom is -0.495 e. The third-order valence-corrected chi connectivity index (χ3v) is 3.78. The number of rotatable bonds is 6. The number of halogens is 1. The second-order valence-corrected chi connectivity index (χ2v) is 5.61. The number of alkyl halides is 1. The van der Waals surface area contributed by atoms with Gasteiger partial charge >= 0.3 is 0 Å². The lowest BCUT2D eigenvalue weighted by atomic mass is 10.2. The van der Waals surface area contributed by atoms with E-state index in [9.17, 15) is 13.2 Å². The van der Waals surface area contributed by atoms with Crippen LogP contribution in [-0.2, 0) is 10.0 Å². The first-order valence-electron chi connectivity index (χ1n) is 4.94. The summed E-state index contributed by atoms with van der Waals surface area (Å²) in [5, 5.41) is 0. The van der Waals surface area contributed by atoms with Crippen molar-refractivity contribution >= 4 is 33.2 Å². The van der Waals surface area contributed by atoms with Gasteiger partial charge in [-0.05, 0) is 18.2 Å². The van der Waals surface area contributed by atoms with Crippen LogP contribution < -0.4 is 15.2 Å². The molecule has 1 rings (SSSR count). The Kier molecular flexibility index (Phi) is 4.80. The van der Waals surface area contributed by atoms with Crippen LogP contribution in [0.2, 0.25) is 0 Å². The van der Waals surface area contributed by atoms with E-state index in [0.717, 1.165) is 0 Å². The minimum atomic E-state index is -3.57. The molecule has 0 atom stereocenters. The number of nitrogens with one attached hydrogen (secondary N) is 1. The number of anilines is 1. The summed E-state index contributed by atoms with van der Waals surface area (Å²) in [6, 6.07) is 4.21. The van der Waals surface area contributed by atoms with Crippen molar-refractivity contribution in [2.75, 3.05) is 23.5 Å². The number of sulfonamides is 1. The van der Waals surface area contributed by atoms with Gasteiger partial charge in [-0.3, -0.25) is 9.52 Å². The topological polar surface area (TPSA) is 98.5 Å². The Morgan fingerprint density at radius 1 is 1.50 bits per heavy atom. The largest absolute Gasteiger partial charge is 0.495 e. The Bertz CT molecular complexity index is 545. The summed E-state index contributed by atoms with van der Waals surface area (Å²) in [4.78, 5) is 11.0. The van der Waals surface area contributed by atoms with Crippen LogP contribution in [0.4, 0.5) is 5.69 Å². The standard InChI is InChI=1S/C10H13ClN2O4S/c1-17-9-3-2-7(10(12)14)6-8(9)13-18(15,16)5-4-11/h2-3,6,13H,4-5H2,1H3,(H2,12,14). The molecule has 0 aliphatic carbocycles.